The molecule has 0 heterocycles. The smallest absolute Gasteiger partial charge is 0.0773 e. The fourth-order valence-corrected chi connectivity index (χ4v) is 1.48. The molecule has 2 heteroatoms. The Morgan fingerprint density at radius 1 is 1.20 bits per heavy atom. The predicted octanol–water partition coefficient (Wildman–Crippen LogP) is 1.70. The minimum Gasteiger partial charge on any atom is -0.198 e. The van der Waals surface area contributed by atoms with Crippen LogP contribution in [-0.4, -0.2) is 0 Å². The van der Waals surface area contributed by atoms with Crippen LogP contribution in [0.3, 0.4) is 0 Å². The zero-order valence-electron chi connectivity index (χ0n) is 6.47. The Labute approximate surface area is 61.1 Å². The lowest BCUT2D eigenvalue weighted by molar-refractivity contribution is 0.510. The zero-order valence-corrected chi connectivity index (χ0v) is 6.47. The normalized spacial score (nSPS) is 41.5. The summed E-state index contributed by atoms with van der Waals surface area (Å²) in [6.45, 7) is 5.77. The Balaban J connectivity index is 2.94. The molecule has 0 amide bonds. The summed E-state index contributed by atoms with van der Waals surface area (Å²) in [5, 5.41) is 17.3. The lowest BCUT2D eigenvalue weighted by Crippen LogP contribution is -1.98. The van der Waals surface area contributed by atoms with E-state index in [1.54, 1.807) is 0 Å². The van der Waals surface area contributed by atoms with Crippen LogP contribution in [0.5, 0.6) is 0 Å². The molecular weight excluding hydrogens is 124 g/mol. The van der Waals surface area contributed by atoms with Gasteiger partial charge in [-0.3, -0.25) is 0 Å². The number of rotatable bonds is 0. The molecule has 0 spiro atoms. The van der Waals surface area contributed by atoms with E-state index in [0.29, 0.717) is 0 Å². The Morgan fingerprint density at radius 2 is 1.70 bits per heavy atom. The van der Waals surface area contributed by atoms with E-state index in [-0.39, 0.29) is 11.3 Å². The van der Waals surface area contributed by atoms with Crippen molar-refractivity contribution >= 4 is 0 Å². The predicted molar refractivity (Wildman–Crippen MR) is 36.6 cm³/mol. The summed E-state index contributed by atoms with van der Waals surface area (Å²) < 4.78 is 0. The minimum atomic E-state index is -0.401. The van der Waals surface area contributed by atoms with Gasteiger partial charge in [-0.25, -0.2) is 0 Å². The lowest BCUT2D eigenvalue weighted by atomic mass is 10.0. The molecule has 2 unspecified atom stereocenters. The van der Waals surface area contributed by atoms with Crippen LogP contribution in [0.2, 0.25) is 0 Å². The van der Waals surface area contributed by atoms with Crippen molar-refractivity contribution in [2.45, 2.75) is 20.8 Å². The average molecular weight is 134 g/mol. The van der Waals surface area contributed by atoms with Gasteiger partial charge in [-0.15, -0.1) is 0 Å². The maximum Gasteiger partial charge on any atom is 0.0773 e. The van der Waals surface area contributed by atoms with E-state index in [0.717, 1.165) is 0 Å². The summed E-state index contributed by atoms with van der Waals surface area (Å²) in [5.41, 5.74) is -0.502. The van der Waals surface area contributed by atoms with Gasteiger partial charge in [0.15, 0.2) is 0 Å². The third-order valence-electron chi connectivity index (χ3n) is 2.92. The maximum absolute atomic E-state index is 8.70. The molecular formula is C8H10N2. The fraction of sp³-hybridized carbons (Fsp3) is 0.750. The molecule has 2 atom stereocenters. The average Bonchev–Trinajstić information content (AvgIpc) is 2.29. The number of nitrogens with zero attached hydrogens (tertiary/aromatic N) is 2. The fourth-order valence-electron chi connectivity index (χ4n) is 1.48. The van der Waals surface area contributed by atoms with E-state index in [9.17, 15) is 0 Å². The standard InChI is InChI=1S/C8H10N2/c1-7(2)6(4-9)8(7,3)5-10/h6H,1-3H3. The van der Waals surface area contributed by atoms with Crippen molar-refractivity contribution in [2.75, 3.05) is 0 Å². The third-order valence-corrected chi connectivity index (χ3v) is 2.92. The molecule has 1 rings (SSSR count). The van der Waals surface area contributed by atoms with Gasteiger partial charge < -0.3 is 0 Å². The molecule has 2 nitrogen and oxygen atoms in total. The summed E-state index contributed by atoms with van der Waals surface area (Å²) >= 11 is 0. The second-order valence-electron chi connectivity index (χ2n) is 3.60. The van der Waals surface area contributed by atoms with Gasteiger partial charge in [-0.2, -0.15) is 10.5 Å². The third kappa shape index (κ3) is 0.473. The van der Waals surface area contributed by atoms with E-state index in [1.165, 1.54) is 0 Å². The van der Waals surface area contributed by atoms with Crippen LogP contribution in [0.1, 0.15) is 20.8 Å². The van der Waals surface area contributed by atoms with Crippen LogP contribution in [0.15, 0.2) is 0 Å². The van der Waals surface area contributed by atoms with E-state index in [4.69, 9.17) is 10.5 Å². The molecule has 1 aliphatic rings. The van der Waals surface area contributed by atoms with Crippen LogP contribution in [0.4, 0.5) is 0 Å². The number of hydrogen-bond donors (Lipinski definition) is 0. The van der Waals surface area contributed by atoms with Crippen molar-refractivity contribution in [3.05, 3.63) is 0 Å². The van der Waals surface area contributed by atoms with Gasteiger partial charge in [0.25, 0.3) is 0 Å². The summed E-state index contributed by atoms with van der Waals surface area (Å²) in [6, 6.07) is 4.33. The highest BCUT2D eigenvalue weighted by Crippen LogP contribution is 2.67. The highest BCUT2D eigenvalue weighted by molar-refractivity contribution is 5.31. The van der Waals surface area contributed by atoms with Gasteiger partial charge in [0, 0.05) is 5.41 Å². The van der Waals surface area contributed by atoms with Crippen LogP contribution in [0.25, 0.3) is 0 Å². The largest absolute Gasteiger partial charge is 0.198 e. The van der Waals surface area contributed by atoms with Gasteiger partial charge >= 0.3 is 0 Å². The molecule has 0 N–H and O–H groups in total. The Kier molecular flexibility index (Phi) is 1.08. The van der Waals surface area contributed by atoms with Crippen molar-refractivity contribution in [3.8, 4) is 12.1 Å². The first-order valence-electron chi connectivity index (χ1n) is 3.31. The van der Waals surface area contributed by atoms with Crippen molar-refractivity contribution in [1.82, 2.24) is 0 Å². The summed E-state index contributed by atoms with van der Waals surface area (Å²) in [5.74, 6) is -0.0787. The molecule has 0 aliphatic heterocycles. The van der Waals surface area contributed by atoms with E-state index in [1.807, 2.05) is 20.8 Å². The summed E-state index contributed by atoms with van der Waals surface area (Å²) in [7, 11) is 0. The zero-order chi connectivity index (χ0) is 7.99. The number of nitriles is 2. The van der Waals surface area contributed by atoms with Crippen molar-refractivity contribution in [2.24, 2.45) is 16.7 Å². The Hall–Kier alpha value is -1.02. The monoisotopic (exact) mass is 134 g/mol. The quantitative estimate of drug-likeness (QED) is 0.506. The second-order valence-corrected chi connectivity index (χ2v) is 3.60. The summed E-state index contributed by atoms with van der Waals surface area (Å²) in [6.07, 6.45) is 0. The van der Waals surface area contributed by atoms with Crippen LogP contribution in [-0.2, 0) is 0 Å². The molecule has 0 saturated heterocycles. The summed E-state index contributed by atoms with van der Waals surface area (Å²) in [4.78, 5) is 0. The van der Waals surface area contributed by atoms with Crippen LogP contribution < -0.4 is 0 Å². The first-order valence-corrected chi connectivity index (χ1v) is 3.31. The molecule has 0 aromatic carbocycles. The maximum atomic E-state index is 8.70. The Morgan fingerprint density at radius 3 is 1.80 bits per heavy atom. The number of hydrogen-bond acceptors (Lipinski definition) is 2. The van der Waals surface area contributed by atoms with Gasteiger partial charge in [-0.1, -0.05) is 13.8 Å². The van der Waals surface area contributed by atoms with E-state index in [2.05, 4.69) is 12.1 Å². The highest BCUT2D eigenvalue weighted by Gasteiger charge is 2.69. The molecule has 1 saturated carbocycles. The molecule has 0 radical (unpaired) electrons. The molecule has 10 heavy (non-hydrogen) atoms. The molecule has 52 valence electrons. The van der Waals surface area contributed by atoms with E-state index >= 15 is 0 Å². The van der Waals surface area contributed by atoms with Gasteiger partial charge in [0.1, 0.15) is 0 Å². The molecule has 0 bridgehead atoms. The lowest BCUT2D eigenvalue weighted by Gasteiger charge is -2.00. The first-order chi connectivity index (χ1) is 4.50. The molecule has 1 fully saturated rings. The van der Waals surface area contributed by atoms with Crippen molar-refractivity contribution in [1.29, 1.82) is 10.5 Å². The molecule has 0 aromatic rings. The van der Waals surface area contributed by atoms with E-state index < -0.39 is 5.41 Å². The van der Waals surface area contributed by atoms with Crippen molar-refractivity contribution in [3.63, 3.8) is 0 Å². The molecule has 1 aliphatic carbocycles. The minimum absolute atomic E-state index is 0.0787. The topological polar surface area (TPSA) is 47.6 Å². The first kappa shape index (κ1) is 7.09. The highest BCUT2D eigenvalue weighted by atomic mass is 14.7. The van der Waals surface area contributed by atoms with Crippen molar-refractivity contribution < 1.29 is 0 Å². The van der Waals surface area contributed by atoms with Crippen LogP contribution >= 0.6 is 0 Å². The van der Waals surface area contributed by atoms with Crippen LogP contribution in [0, 0.1) is 39.4 Å². The van der Waals surface area contributed by atoms with Gasteiger partial charge in [-0.05, 0) is 6.92 Å². The molecule has 0 aromatic heterocycles. The second kappa shape index (κ2) is 1.52. The van der Waals surface area contributed by atoms with Gasteiger partial charge in [0.05, 0.1) is 23.5 Å². The van der Waals surface area contributed by atoms with Gasteiger partial charge in [0.2, 0.25) is 0 Å². The SMILES string of the molecule is CC1(C)C(C#N)C1(C)C#N. The Bertz CT molecular complexity index is 241.